The van der Waals surface area contributed by atoms with Crippen LogP contribution >= 0.6 is 0 Å². The van der Waals surface area contributed by atoms with Crippen molar-refractivity contribution in [3.05, 3.63) is 30.3 Å². The minimum Gasteiger partial charge on any atom is -0.330 e. The molecule has 114 valence electrons. The van der Waals surface area contributed by atoms with Crippen LogP contribution in [0, 0.1) is 11.8 Å². The van der Waals surface area contributed by atoms with Gasteiger partial charge in [-0.3, -0.25) is 0 Å². The highest BCUT2D eigenvalue weighted by Crippen LogP contribution is 2.17. The van der Waals surface area contributed by atoms with Crippen molar-refractivity contribution >= 4 is 10.0 Å². The molecule has 0 radical (unpaired) electrons. The predicted molar refractivity (Wildman–Crippen MR) is 82.8 cm³/mol. The summed E-state index contributed by atoms with van der Waals surface area (Å²) >= 11 is 0. The van der Waals surface area contributed by atoms with Gasteiger partial charge in [-0.2, -0.15) is 0 Å². The Balaban J connectivity index is 2.56. The molecule has 0 saturated heterocycles. The number of rotatable bonds is 8. The Labute approximate surface area is 122 Å². The van der Waals surface area contributed by atoms with Crippen LogP contribution in [0.5, 0.6) is 0 Å². The van der Waals surface area contributed by atoms with Gasteiger partial charge >= 0.3 is 0 Å². The summed E-state index contributed by atoms with van der Waals surface area (Å²) in [7, 11) is -3.42. The predicted octanol–water partition coefficient (Wildman–Crippen LogP) is 2.36. The van der Waals surface area contributed by atoms with Crippen LogP contribution in [-0.2, 0) is 10.0 Å². The molecule has 0 fully saturated rings. The summed E-state index contributed by atoms with van der Waals surface area (Å²) in [6, 6.07) is 8.37. The lowest BCUT2D eigenvalue weighted by Crippen LogP contribution is -2.33. The van der Waals surface area contributed by atoms with Crippen molar-refractivity contribution in [2.45, 2.75) is 44.6 Å². The van der Waals surface area contributed by atoms with Gasteiger partial charge in [0.05, 0.1) is 4.90 Å². The first-order valence-electron chi connectivity index (χ1n) is 7.14. The second-order valence-corrected chi connectivity index (χ2v) is 7.37. The number of hydrogen-bond acceptors (Lipinski definition) is 3. The van der Waals surface area contributed by atoms with E-state index >= 15 is 0 Å². The third-order valence-electron chi connectivity index (χ3n) is 3.63. The normalized spacial score (nSPS) is 15.2. The zero-order valence-corrected chi connectivity index (χ0v) is 13.4. The molecular formula is C15H26N2O2S. The largest absolute Gasteiger partial charge is 0.330 e. The second kappa shape index (κ2) is 7.76. The molecule has 1 rings (SSSR count). The molecule has 0 amide bonds. The maximum absolute atomic E-state index is 12.2. The van der Waals surface area contributed by atoms with Crippen LogP contribution < -0.4 is 10.5 Å². The summed E-state index contributed by atoms with van der Waals surface area (Å²) in [6.45, 7) is 6.84. The number of hydrogen-bond donors (Lipinski definition) is 2. The fraction of sp³-hybridized carbons (Fsp3) is 0.600. The molecule has 4 nitrogen and oxygen atoms in total. The van der Waals surface area contributed by atoms with E-state index < -0.39 is 10.0 Å². The summed E-state index contributed by atoms with van der Waals surface area (Å²) in [5.74, 6) is 0.969. The minimum atomic E-state index is -3.42. The summed E-state index contributed by atoms with van der Waals surface area (Å²) in [6.07, 6.45) is 1.73. The Morgan fingerprint density at radius 3 is 2.20 bits per heavy atom. The molecule has 0 aliphatic rings. The van der Waals surface area contributed by atoms with Gasteiger partial charge in [0.25, 0.3) is 0 Å². The van der Waals surface area contributed by atoms with Gasteiger partial charge in [-0.15, -0.1) is 0 Å². The Hall–Kier alpha value is -0.910. The highest BCUT2D eigenvalue weighted by Gasteiger charge is 2.18. The first-order chi connectivity index (χ1) is 9.36. The molecule has 0 spiro atoms. The SMILES string of the molecule is CC(C)[C@@H](CN)CC[C@H](C)NS(=O)(=O)c1ccccc1. The van der Waals surface area contributed by atoms with E-state index in [9.17, 15) is 8.42 Å². The van der Waals surface area contributed by atoms with Crippen LogP contribution in [-0.4, -0.2) is 21.0 Å². The van der Waals surface area contributed by atoms with Crippen molar-refractivity contribution in [3.8, 4) is 0 Å². The first-order valence-corrected chi connectivity index (χ1v) is 8.62. The van der Waals surface area contributed by atoms with Crippen LogP contribution in [0.2, 0.25) is 0 Å². The van der Waals surface area contributed by atoms with Gasteiger partial charge in [-0.25, -0.2) is 13.1 Å². The summed E-state index contributed by atoms with van der Waals surface area (Å²) < 4.78 is 27.0. The lowest BCUT2D eigenvalue weighted by Gasteiger charge is -2.21. The molecule has 0 aliphatic carbocycles. The number of sulfonamides is 1. The summed E-state index contributed by atoms with van der Waals surface area (Å²) in [5.41, 5.74) is 5.74. The van der Waals surface area contributed by atoms with E-state index in [1.54, 1.807) is 30.3 Å². The van der Waals surface area contributed by atoms with Crippen molar-refractivity contribution < 1.29 is 8.42 Å². The standard InChI is InChI=1S/C15H26N2O2S/c1-12(2)14(11-16)10-9-13(3)17-20(18,19)15-7-5-4-6-8-15/h4-8,12-14,17H,9-11,16H2,1-3H3/t13-,14+/m0/s1. The maximum atomic E-state index is 12.2. The average molecular weight is 298 g/mol. The number of nitrogens with two attached hydrogens (primary N) is 1. The van der Waals surface area contributed by atoms with Crippen LogP contribution in [0.1, 0.15) is 33.6 Å². The summed E-state index contributed by atoms with van der Waals surface area (Å²) in [5, 5.41) is 0. The third kappa shape index (κ3) is 5.23. The minimum absolute atomic E-state index is 0.0898. The average Bonchev–Trinajstić information content (AvgIpc) is 2.39. The molecule has 0 aliphatic heterocycles. The Morgan fingerprint density at radius 1 is 1.10 bits per heavy atom. The van der Waals surface area contributed by atoms with Crippen molar-refractivity contribution in [1.29, 1.82) is 0 Å². The monoisotopic (exact) mass is 298 g/mol. The van der Waals surface area contributed by atoms with Crippen molar-refractivity contribution in [1.82, 2.24) is 4.72 Å². The van der Waals surface area contributed by atoms with E-state index in [0.29, 0.717) is 23.3 Å². The van der Waals surface area contributed by atoms with Crippen LogP contribution in [0.15, 0.2) is 35.2 Å². The quantitative estimate of drug-likeness (QED) is 0.774. The van der Waals surface area contributed by atoms with E-state index in [2.05, 4.69) is 18.6 Å². The van der Waals surface area contributed by atoms with E-state index in [1.807, 2.05) is 6.92 Å². The Kier molecular flexibility index (Phi) is 6.65. The fourth-order valence-corrected chi connectivity index (χ4v) is 3.48. The van der Waals surface area contributed by atoms with Gasteiger partial charge in [0, 0.05) is 6.04 Å². The van der Waals surface area contributed by atoms with Gasteiger partial charge in [-0.05, 0) is 50.3 Å². The van der Waals surface area contributed by atoms with Crippen LogP contribution in [0.25, 0.3) is 0 Å². The molecule has 0 bridgehead atoms. The molecule has 3 N–H and O–H groups in total. The van der Waals surface area contributed by atoms with E-state index in [-0.39, 0.29) is 6.04 Å². The van der Waals surface area contributed by atoms with E-state index in [0.717, 1.165) is 12.8 Å². The van der Waals surface area contributed by atoms with Gasteiger partial charge in [-0.1, -0.05) is 32.0 Å². The zero-order valence-electron chi connectivity index (χ0n) is 12.5. The van der Waals surface area contributed by atoms with E-state index in [1.165, 1.54) is 0 Å². The molecule has 1 aromatic rings. The third-order valence-corrected chi connectivity index (χ3v) is 5.23. The molecule has 5 heteroatoms. The number of nitrogens with one attached hydrogen (secondary N) is 1. The van der Waals surface area contributed by atoms with Gasteiger partial charge in [0.2, 0.25) is 10.0 Å². The zero-order chi connectivity index (χ0) is 15.2. The molecule has 20 heavy (non-hydrogen) atoms. The maximum Gasteiger partial charge on any atom is 0.240 e. The van der Waals surface area contributed by atoms with Crippen molar-refractivity contribution in [3.63, 3.8) is 0 Å². The van der Waals surface area contributed by atoms with Crippen LogP contribution in [0.3, 0.4) is 0 Å². The molecule has 0 saturated carbocycles. The van der Waals surface area contributed by atoms with Gasteiger partial charge in [0.15, 0.2) is 0 Å². The molecule has 0 heterocycles. The molecule has 0 unspecified atom stereocenters. The Morgan fingerprint density at radius 2 is 1.70 bits per heavy atom. The lowest BCUT2D eigenvalue weighted by molar-refractivity contribution is 0.346. The van der Waals surface area contributed by atoms with E-state index in [4.69, 9.17) is 5.73 Å². The molecule has 2 atom stereocenters. The second-order valence-electron chi connectivity index (χ2n) is 5.65. The lowest BCUT2D eigenvalue weighted by atomic mass is 9.90. The van der Waals surface area contributed by atoms with Gasteiger partial charge in [0.1, 0.15) is 0 Å². The Bertz CT molecular complexity index is 486. The van der Waals surface area contributed by atoms with Crippen LogP contribution in [0.4, 0.5) is 0 Å². The van der Waals surface area contributed by atoms with Crippen molar-refractivity contribution in [2.24, 2.45) is 17.6 Å². The molecular weight excluding hydrogens is 272 g/mol. The highest BCUT2D eigenvalue weighted by atomic mass is 32.2. The topological polar surface area (TPSA) is 72.2 Å². The van der Waals surface area contributed by atoms with Gasteiger partial charge < -0.3 is 5.73 Å². The number of benzene rings is 1. The fourth-order valence-electron chi connectivity index (χ4n) is 2.18. The summed E-state index contributed by atoms with van der Waals surface area (Å²) in [4.78, 5) is 0.311. The first kappa shape index (κ1) is 17.1. The smallest absolute Gasteiger partial charge is 0.240 e. The highest BCUT2D eigenvalue weighted by molar-refractivity contribution is 7.89. The molecule has 1 aromatic carbocycles. The molecule has 0 aromatic heterocycles. The van der Waals surface area contributed by atoms with Crippen molar-refractivity contribution in [2.75, 3.05) is 6.54 Å².